The highest BCUT2D eigenvalue weighted by Gasteiger charge is 2.37. The summed E-state index contributed by atoms with van der Waals surface area (Å²) >= 11 is 0. The monoisotopic (exact) mass is 487 g/mol. The molecule has 2 aromatic heterocycles. The zero-order valence-corrected chi connectivity index (χ0v) is 20.5. The van der Waals surface area contributed by atoms with Gasteiger partial charge < -0.3 is 15.5 Å². The molecule has 1 aliphatic rings. The number of aromatic nitrogens is 2. The van der Waals surface area contributed by atoms with Crippen molar-refractivity contribution in [3.63, 3.8) is 0 Å². The second-order valence-corrected chi connectivity index (χ2v) is 8.23. The topological polar surface area (TPSA) is 96.6 Å². The molecule has 0 atom stereocenters. The molecule has 2 heterocycles. The molecule has 3 rings (SSSR count). The van der Waals surface area contributed by atoms with Crippen molar-refractivity contribution in [3.8, 4) is 0 Å². The highest BCUT2D eigenvalue weighted by atomic mass is 19.4. The predicted molar refractivity (Wildman–Crippen MR) is 134 cm³/mol. The van der Waals surface area contributed by atoms with E-state index in [0.717, 1.165) is 18.1 Å². The molecule has 1 saturated carbocycles. The van der Waals surface area contributed by atoms with Crippen LogP contribution in [0.4, 0.5) is 13.2 Å². The lowest BCUT2D eigenvalue weighted by Gasteiger charge is -2.35. The van der Waals surface area contributed by atoms with Crippen molar-refractivity contribution >= 4 is 23.5 Å². The number of aliphatic imine (C=N–C) groups is 1. The van der Waals surface area contributed by atoms with Gasteiger partial charge in [-0.15, -0.1) is 0 Å². The van der Waals surface area contributed by atoms with E-state index in [9.17, 15) is 18.0 Å². The van der Waals surface area contributed by atoms with Crippen molar-refractivity contribution in [2.45, 2.75) is 65.0 Å². The second kappa shape index (κ2) is 11.3. The number of rotatable bonds is 5. The third-order valence-electron chi connectivity index (χ3n) is 6.09. The average molecular weight is 488 g/mol. The van der Waals surface area contributed by atoms with E-state index < -0.39 is 23.2 Å². The minimum atomic E-state index is -4.51. The third kappa shape index (κ3) is 5.96. The van der Waals surface area contributed by atoms with Gasteiger partial charge in [0.1, 0.15) is 5.65 Å². The molecular formula is C26H32F3N5O. The Labute approximate surface area is 203 Å². The number of imidazole rings is 1. The van der Waals surface area contributed by atoms with Crippen LogP contribution in [-0.4, -0.2) is 27.2 Å². The Balaban J connectivity index is 0.00000210. The molecule has 0 aliphatic heterocycles. The molecule has 0 bridgehead atoms. The summed E-state index contributed by atoms with van der Waals surface area (Å²) in [7, 11) is 0. The molecule has 2 aromatic rings. The molecule has 0 radical (unpaired) electrons. The van der Waals surface area contributed by atoms with E-state index in [0.29, 0.717) is 37.0 Å². The molecule has 188 valence electrons. The van der Waals surface area contributed by atoms with Gasteiger partial charge in [0, 0.05) is 34.8 Å². The van der Waals surface area contributed by atoms with E-state index >= 15 is 0 Å². The predicted octanol–water partition coefficient (Wildman–Crippen LogP) is 6.17. The van der Waals surface area contributed by atoms with E-state index in [1.54, 1.807) is 25.1 Å². The molecule has 9 heteroatoms. The van der Waals surface area contributed by atoms with Gasteiger partial charge in [0.25, 0.3) is 5.91 Å². The van der Waals surface area contributed by atoms with E-state index in [1.165, 1.54) is 10.5 Å². The fourth-order valence-corrected chi connectivity index (χ4v) is 4.10. The Morgan fingerprint density at radius 1 is 1.29 bits per heavy atom. The largest absolute Gasteiger partial charge is 0.434 e. The average Bonchev–Trinajstić information content (AvgIpc) is 3.28. The number of nitrogens with two attached hydrogens (primary N) is 1. The summed E-state index contributed by atoms with van der Waals surface area (Å²) in [6, 6.07) is 5.09. The van der Waals surface area contributed by atoms with E-state index in [-0.39, 0.29) is 16.9 Å². The minimum absolute atomic E-state index is 0.143. The molecule has 3 N–H and O–H groups in total. The van der Waals surface area contributed by atoms with Gasteiger partial charge in [0.15, 0.2) is 5.69 Å². The smallest absolute Gasteiger partial charge is 0.398 e. The van der Waals surface area contributed by atoms with Gasteiger partial charge in [0.2, 0.25) is 0 Å². The summed E-state index contributed by atoms with van der Waals surface area (Å²) in [6.07, 6.45) is 2.80. The first kappa shape index (κ1) is 27.8. The van der Waals surface area contributed by atoms with Crippen LogP contribution >= 0.6 is 0 Å². The van der Waals surface area contributed by atoms with Gasteiger partial charge in [-0.05, 0) is 44.7 Å². The lowest BCUT2D eigenvalue weighted by molar-refractivity contribution is -0.140. The van der Waals surface area contributed by atoms with Gasteiger partial charge in [-0.3, -0.25) is 4.79 Å². The first-order chi connectivity index (χ1) is 16.5. The van der Waals surface area contributed by atoms with Gasteiger partial charge in [-0.25, -0.2) is 9.98 Å². The maximum atomic E-state index is 13.2. The number of halogens is 3. The van der Waals surface area contributed by atoms with E-state index in [1.807, 2.05) is 26.8 Å². The fraction of sp³-hybridized carbons (Fsp3) is 0.385. The number of fused-ring (bicyclic) bond motifs is 1. The van der Waals surface area contributed by atoms with Crippen LogP contribution in [0, 0.1) is 5.41 Å². The van der Waals surface area contributed by atoms with Gasteiger partial charge in [0.05, 0.1) is 11.3 Å². The standard InChI is InChI=1S/C24H26F3N5O.C2H6/c1-4-15(13-28)21(29)17(5-2)22(33)30-16-9-11-23(3,12-10-16)19-7-6-8-20-31-18(14-32(19)20)24(25,26)27;1-2/h4-8,13-14,28H,1,9-12,29H2,2-3H3;1-2H3/b17-5+,21-15-,28-13?,30-16?;. The van der Waals surface area contributed by atoms with E-state index in [4.69, 9.17) is 11.1 Å². The van der Waals surface area contributed by atoms with Crippen molar-refractivity contribution in [2.75, 3.05) is 0 Å². The summed E-state index contributed by atoms with van der Waals surface area (Å²) in [5.41, 5.74) is 7.09. The lowest BCUT2D eigenvalue weighted by Crippen LogP contribution is -2.31. The Kier molecular flexibility index (Phi) is 8.95. The second-order valence-electron chi connectivity index (χ2n) is 8.23. The summed E-state index contributed by atoms with van der Waals surface area (Å²) in [4.78, 5) is 20.7. The molecule has 0 aromatic carbocycles. The zero-order valence-electron chi connectivity index (χ0n) is 20.5. The maximum absolute atomic E-state index is 13.2. The number of hydrogen-bond donors (Lipinski definition) is 2. The number of alkyl halides is 3. The van der Waals surface area contributed by atoms with Gasteiger partial charge in [-0.1, -0.05) is 45.6 Å². The van der Waals surface area contributed by atoms with Crippen LogP contribution in [-0.2, 0) is 16.4 Å². The number of carbonyl (C=O) groups is 1. The third-order valence-corrected chi connectivity index (χ3v) is 6.09. The molecule has 0 unspecified atom stereocenters. The molecule has 1 amide bonds. The number of carbonyl (C=O) groups excluding carboxylic acids is 1. The Morgan fingerprint density at radius 3 is 2.43 bits per heavy atom. The quantitative estimate of drug-likeness (QED) is 0.300. The molecule has 6 nitrogen and oxygen atoms in total. The first-order valence-corrected chi connectivity index (χ1v) is 11.5. The fourth-order valence-electron chi connectivity index (χ4n) is 4.10. The number of nitrogens with zero attached hydrogens (tertiary/aromatic N) is 3. The van der Waals surface area contributed by atoms with Crippen molar-refractivity contribution < 1.29 is 18.0 Å². The highest BCUT2D eigenvalue weighted by Crippen LogP contribution is 2.39. The van der Waals surface area contributed by atoms with Crippen molar-refractivity contribution in [1.82, 2.24) is 9.38 Å². The Hall–Kier alpha value is -3.49. The number of pyridine rings is 1. The van der Waals surface area contributed by atoms with Crippen molar-refractivity contribution in [2.24, 2.45) is 10.7 Å². The highest BCUT2D eigenvalue weighted by molar-refractivity contribution is 6.07. The van der Waals surface area contributed by atoms with Crippen molar-refractivity contribution in [3.05, 3.63) is 71.4 Å². The van der Waals surface area contributed by atoms with Crippen LogP contribution in [0.3, 0.4) is 0 Å². The minimum Gasteiger partial charge on any atom is -0.398 e. The molecule has 1 aliphatic carbocycles. The maximum Gasteiger partial charge on any atom is 0.434 e. The molecule has 0 saturated heterocycles. The molecule has 1 fully saturated rings. The van der Waals surface area contributed by atoms with Crippen LogP contribution in [0.25, 0.3) is 5.65 Å². The Bertz CT molecular complexity index is 1180. The molecule has 35 heavy (non-hydrogen) atoms. The van der Waals surface area contributed by atoms with Crippen molar-refractivity contribution in [1.29, 1.82) is 5.41 Å². The number of nitrogens with one attached hydrogen (secondary N) is 1. The summed E-state index contributed by atoms with van der Waals surface area (Å²) in [5.74, 6) is -0.485. The van der Waals surface area contributed by atoms with Gasteiger partial charge >= 0.3 is 6.18 Å². The molecular weight excluding hydrogens is 455 g/mol. The summed E-state index contributed by atoms with van der Waals surface area (Å²) < 4.78 is 41.0. The van der Waals surface area contributed by atoms with Crippen LogP contribution in [0.1, 0.15) is 64.8 Å². The van der Waals surface area contributed by atoms with Crippen LogP contribution < -0.4 is 5.73 Å². The summed E-state index contributed by atoms with van der Waals surface area (Å²) in [5, 5.41) is 7.39. The zero-order chi connectivity index (χ0) is 26.4. The normalized spacial score (nSPS) is 19.4. The number of amides is 1. The first-order valence-electron chi connectivity index (χ1n) is 11.5. The Morgan fingerprint density at radius 2 is 1.91 bits per heavy atom. The summed E-state index contributed by atoms with van der Waals surface area (Å²) in [6.45, 7) is 11.3. The van der Waals surface area contributed by atoms with Crippen LogP contribution in [0.2, 0.25) is 0 Å². The molecule has 0 spiro atoms. The lowest BCUT2D eigenvalue weighted by atomic mass is 9.72. The SMILES string of the molecule is C=C/C(C=N)=C(N)\C(=C/C)C(=O)N=C1CCC(C)(c2cccc3nc(C(F)(F)F)cn23)CC1.CC. The number of hydrogen-bond acceptors (Lipinski definition) is 4. The van der Waals surface area contributed by atoms with Crippen LogP contribution in [0.15, 0.2) is 65.0 Å². The number of allylic oxidation sites excluding steroid dienone is 3. The van der Waals surface area contributed by atoms with Crippen LogP contribution in [0.5, 0.6) is 0 Å². The van der Waals surface area contributed by atoms with E-state index in [2.05, 4.69) is 16.6 Å². The van der Waals surface area contributed by atoms with Gasteiger partial charge in [-0.2, -0.15) is 13.2 Å².